The highest BCUT2D eigenvalue weighted by atomic mass is 32.2. The Morgan fingerprint density at radius 3 is 2.80 bits per heavy atom. The first kappa shape index (κ1) is 15.2. The lowest BCUT2D eigenvalue weighted by atomic mass is 10.3. The Kier molecular flexibility index (Phi) is 4.04. The molecule has 1 saturated heterocycles. The van der Waals surface area contributed by atoms with E-state index in [-0.39, 0.29) is 23.0 Å². The molecule has 0 radical (unpaired) electrons. The second-order valence-corrected chi connectivity index (χ2v) is 7.06. The summed E-state index contributed by atoms with van der Waals surface area (Å²) in [6.07, 6.45) is 0.606. The van der Waals surface area contributed by atoms with E-state index in [2.05, 4.69) is 9.71 Å². The fraction of sp³-hybridized carbons (Fsp3) is 0.556. The predicted octanol–water partition coefficient (Wildman–Crippen LogP) is 0.517. The van der Waals surface area contributed by atoms with E-state index in [0.717, 1.165) is 17.5 Å². The highest BCUT2D eigenvalue weighted by molar-refractivity contribution is 7.87. The zero-order valence-corrected chi connectivity index (χ0v) is 11.7. The van der Waals surface area contributed by atoms with Crippen molar-refractivity contribution in [1.82, 2.24) is 14.0 Å². The van der Waals surface area contributed by atoms with Crippen LogP contribution >= 0.6 is 11.3 Å². The van der Waals surface area contributed by atoms with Crippen LogP contribution in [0.25, 0.3) is 0 Å². The number of hydrogen-bond acceptors (Lipinski definition) is 5. The number of alkyl halides is 2. The van der Waals surface area contributed by atoms with E-state index in [9.17, 15) is 22.0 Å². The molecule has 0 unspecified atom stereocenters. The van der Waals surface area contributed by atoms with Crippen LogP contribution in [0.15, 0.2) is 6.20 Å². The number of carboxylic acid groups (broad SMARTS) is 1. The van der Waals surface area contributed by atoms with E-state index in [1.165, 1.54) is 0 Å². The molecule has 1 aromatic heterocycles. The molecular formula is C9H11F2N3O4S2. The summed E-state index contributed by atoms with van der Waals surface area (Å²) in [5.41, 5.74) is 0. The van der Waals surface area contributed by atoms with Crippen molar-refractivity contribution in [3.63, 3.8) is 0 Å². The Labute approximate surface area is 117 Å². The van der Waals surface area contributed by atoms with Crippen molar-refractivity contribution < 1.29 is 27.1 Å². The monoisotopic (exact) mass is 327 g/mol. The van der Waals surface area contributed by atoms with Crippen molar-refractivity contribution in [3.05, 3.63) is 16.1 Å². The smallest absolute Gasteiger partial charge is 0.347 e. The van der Waals surface area contributed by atoms with Crippen molar-refractivity contribution in [2.24, 2.45) is 0 Å². The lowest BCUT2D eigenvalue weighted by Crippen LogP contribution is -2.40. The van der Waals surface area contributed by atoms with Crippen molar-refractivity contribution in [2.45, 2.75) is 18.9 Å². The average Bonchev–Trinajstić information content (AvgIpc) is 2.93. The van der Waals surface area contributed by atoms with Gasteiger partial charge in [0.05, 0.1) is 19.3 Å². The Bertz CT molecular complexity index is 616. The Hall–Kier alpha value is -1.17. The van der Waals surface area contributed by atoms with Crippen LogP contribution in [0.3, 0.4) is 0 Å². The highest BCUT2D eigenvalue weighted by Crippen LogP contribution is 2.28. The van der Waals surface area contributed by atoms with E-state index in [0.29, 0.717) is 4.31 Å². The SMILES string of the molecule is O=C(O)c1cnc(CNS(=O)(=O)N2CCC(F)(F)C2)s1. The zero-order chi connectivity index (χ0) is 15.0. The average molecular weight is 327 g/mol. The van der Waals surface area contributed by atoms with Crippen LogP contribution in [0.1, 0.15) is 21.1 Å². The number of nitrogens with zero attached hydrogens (tertiary/aromatic N) is 2. The summed E-state index contributed by atoms with van der Waals surface area (Å²) >= 11 is 0.820. The fourth-order valence-electron chi connectivity index (χ4n) is 1.64. The molecule has 0 aromatic carbocycles. The molecule has 0 spiro atoms. The number of rotatable bonds is 5. The summed E-state index contributed by atoms with van der Waals surface area (Å²) in [6.45, 7) is -1.33. The first-order chi connectivity index (χ1) is 9.20. The normalized spacial score (nSPS) is 19.3. The second-order valence-electron chi connectivity index (χ2n) is 4.19. The Morgan fingerprint density at radius 2 is 2.30 bits per heavy atom. The molecule has 7 nitrogen and oxygen atoms in total. The van der Waals surface area contributed by atoms with Crippen molar-refractivity contribution in [3.8, 4) is 0 Å². The number of nitrogens with one attached hydrogen (secondary N) is 1. The first-order valence-electron chi connectivity index (χ1n) is 5.50. The summed E-state index contributed by atoms with van der Waals surface area (Å²) in [6, 6.07) is 0. The van der Waals surface area contributed by atoms with Crippen LogP contribution < -0.4 is 4.72 Å². The molecule has 11 heteroatoms. The van der Waals surface area contributed by atoms with Gasteiger partial charge in [0.25, 0.3) is 16.1 Å². The maximum absolute atomic E-state index is 13.0. The molecule has 2 heterocycles. The number of halogens is 2. The summed E-state index contributed by atoms with van der Waals surface area (Å²) in [4.78, 5) is 14.4. The molecule has 20 heavy (non-hydrogen) atoms. The van der Waals surface area contributed by atoms with Gasteiger partial charge in [0.2, 0.25) is 0 Å². The first-order valence-corrected chi connectivity index (χ1v) is 7.76. The predicted molar refractivity (Wildman–Crippen MR) is 66.0 cm³/mol. The molecule has 2 N–H and O–H groups in total. The third-order valence-corrected chi connectivity index (χ3v) is 5.13. The van der Waals surface area contributed by atoms with Crippen molar-refractivity contribution in [2.75, 3.05) is 13.1 Å². The van der Waals surface area contributed by atoms with E-state index >= 15 is 0 Å². The molecule has 2 rings (SSSR count). The van der Waals surface area contributed by atoms with Gasteiger partial charge in [-0.05, 0) is 0 Å². The van der Waals surface area contributed by atoms with Gasteiger partial charge in [-0.2, -0.15) is 17.4 Å². The van der Waals surface area contributed by atoms with Crippen LogP contribution in [0.5, 0.6) is 0 Å². The van der Waals surface area contributed by atoms with E-state index < -0.39 is 35.1 Å². The molecule has 0 bridgehead atoms. The van der Waals surface area contributed by atoms with Gasteiger partial charge in [-0.3, -0.25) is 0 Å². The van der Waals surface area contributed by atoms with Gasteiger partial charge in [0.1, 0.15) is 9.88 Å². The van der Waals surface area contributed by atoms with E-state index in [4.69, 9.17) is 5.11 Å². The summed E-state index contributed by atoms with van der Waals surface area (Å²) in [5, 5.41) is 8.94. The molecule has 0 amide bonds. The molecule has 1 aromatic rings. The van der Waals surface area contributed by atoms with Gasteiger partial charge in [0.15, 0.2) is 0 Å². The van der Waals surface area contributed by atoms with Gasteiger partial charge in [-0.15, -0.1) is 11.3 Å². The molecule has 1 aliphatic rings. The minimum atomic E-state index is -4.02. The number of carbonyl (C=O) groups is 1. The molecule has 1 fully saturated rings. The van der Waals surface area contributed by atoms with E-state index in [1.807, 2.05) is 0 Å². The maximum atomic E-state index is 13.0. The van der Waals surface area contributed by atoms with Crippen LogP contribution in [0.4, 0.5) is 8.78 Å². The summed E-state index contributed by atoms with van der Waals surface area (Å²) in [5.74, 6) is -4.16. The number of aromatic carboxylic acids is 1. The lowest BCUT2D eigenvalue weighted by molar-refractivity contribution is 0.0182. The molecule has 0 aliphatic carbocycles. The van der Waals surface area contributed by atoms with Crippen LogP contribution in [0, 0.1) is 0 Å². The molecule has 112 valence electrons. The van der Waals surface area contributed by atoms with Crippen LogP contribution in [-0.4, -0.2) is 47.8 Å². The van der Waals surface area contributed by atoms with Gasteiger partial charge < -0.3 is 5.11 Å². The van der Waals surface area contributed by atoms with Crippen molar-refractivity contribution >= 4 is 27.5 Å². The summed E-state index contributed by atoms with van der Waals surface area (Å²) in [7, 11) is -4.02. The molecular weight excluding hydrogens is 316 g/mol. The molecule has 1 aliphatic heterocycles. The topological polar surface area (TPSA) is 99.6 Å². The fourth-order valence-corrected chi connectivity index (χ4v) is 3.62. The third-order valence-electron chi connectivity index (χ3n) is 2.64. The lowest BCUT2D eigenvalue weighted by Gasteiger charge is -2.16. The number of thiazole rings is 1. The largest absolute Gasteiger partial charge is 0.477 e. The summed E-state index contributed by atoms with van der Waals surface area (Å²) < 4.78 is 52.3. The van der Waals surface area contributed by atoms with Gasteiger partial charge in [-0.25, -0.2) is 18.6 Å². The number of carboxylic acids is 1. The highest BCUT2D eigenvalue weighted by Gasteiger charge is 2.43. The van der Waals surface area contributed by atoms with Crippen LogP contribution in [0.2, 0.25) is 0 Å². The van der Waals surface area contributed by atoms with Gasteiger partial charge in [-0.1, -0.05) is 0 Å². The Morgan fingerprint density at radius 1 is 1.60 bits per heavy atom. The quantitative estimate of drug-likeness (QED) is 0.821. The second kappa shape index (κ2) is 5.31. The van der Waals surface area contributed by atoms with E-state index in [1.54, 1.807) is 0 Å². The molecule has 0 saturated carbocycles. The molecule has 0 atom stereocenters. The minimum absolute atomic E-state index is 0.0214. The van der Waals surface area contributed by atoms with Gasteiger partial charge >= 0.3 is 5.97 Å². The van der Waals surface area contributed by atoms with Crippen molar-refractivity contribution in [1.29, 1.82) is 0 Å². The number of aromatic nitrogens is 1. The number of hydrogen-bond donors (Lipinski definition) is 2. The zero-order valence-electron chi connectivity index (χ0n) is 10.0. The van der Waals surface area contributed by atoms with Crippen LogP contribution in [-0.2, 0) is 16.8 Å². The minimum Gasteiger partial charge on any atom is -0.477 e. The Balaban J connectivity index is 1.97. The standard InChI is InChI=1S/C9H11F2N3O4S2/c10-9(11)1-2-14(5-9)20(17,18)13-4-7-12-3-6(19-7)8(15)16/h3,13H,1-2,4-5H2,(H,15,16). The van der Waals surface area contributed by atoms with Gasteiger partial charge in [0, 0.05) is 13.0 Å². The maximum Gasteiger partial charge on any atom is 0.347 e. The third kappa shape index (κ3) is 3.48.